The van der Waals surface area contributed by atoms with Crippen molar-refractivity contribution in [2.45, 2.75) is 13.8 Å². The van der Waals surface area contributed by atoms with Crippen LogP contribution in [0.3, 0.4) is 0 Å². The molecular formula is C22H23NO6. The molecule has 7 nitrogen and oxygen atoms in total. The Hall–Kier alpha value is -3.48. The van der Waals surface area contributed by atoms with Gasteiger partial charge in [0.1, 0.15) is 5.75 Å². The summed E-state index contributed by atoms with van der Waals surface area (Å²) in [4.78, 5) is 42.2. The number of ketones is 1. The van der Waals surface area contributed by atoms with E-state index in [-0.39, 0.29) is 18.8 Å². The number of methoxy groups -OCH3 is 1. The van der Waals surface area contributed by atoms with E-state index < -0.39 is 23.6 Å². The van der Waals surface area contributed by atoms with Crippen molar-refractivity contribution in [1.82, 2.24) is 4.98 Å². The summed E-state index contributed by atoms with van der Waals surface area (Å²) in [6.45, 7) is 3.25. The Balaban J connectivity index is 2.52. The highest BCUT2D eigenvalue weighted by Crippen LogP contribution is 2.24. The Morgan fingerprint density at radius 1 is 0.966 bits per heavy atom. The molecule has 1 heterocycles. The predicted octanol–water partition coefficient (Wildman–Crippen LogP) is 2.94. The lowest BCUT2D eigenvalue weighted by Crippen LogP contribution is -2.35. The van der Waals surface area contributed by atoms with Gasteiger partial charge in [-0.2, -0.15) is 0 Å². The van der Waals surface area contributed by atoms with Crippen LogP contribution in [0.1, 0.15) is 25.1 Å². The van der Waals surface area contributed by atoms with Gasteiger partial charge in [-0.3, -0.25) is 19.4 Å². The number of allylic oxidation sites excluding steroid dienone is 1. The molecule has 0 saturated heterocycles. The van der Waals surface area contributed by atoms with Gasteiger partial charge < -0.3 is 14.2 Å². The van der Waals surface area contributed by atoms with Crippen molar-refractivity contribution in [2.24, 2.45) is 5.92 Å². The molecule has 0 unspecified atom stereocenters. The van der Waals surface area contributed by atoms with Gasteiger partial charge in [-0.25, -0.2) is 0 Å². The number of hydrogen-bond donors (Lipinski definition) is 0. The average molecular weight is 397 g/mol. The first-order chi connectivity index (χ1) is 14.0. The Morgan fingerprint density at radius 3 is 2.07 bits per heavy atom. The number of esters is 2. The highest BCUT2D eigenvalue weighted by atomic mass is 16.6. The van der Waals surface area contributed by atoms with Gasteiger partial charge in [0.2, 0.25) is 5.92 Å². The lowest BCUT2D eigenvalue weighted by atomic mass is 9.93. The van der Waals surface area contributed by atoms with Gasteiger partial charge in [-0.15, -0.1) is 0 Å². The highest BCUT2D eigenvalue weighted by molar-refractivity contribution is 6.35. The molecular weight excluding hydrogens is 374 g/mol. The molecule has 0 fully saturated rings. The van der Waals surface area contributed by atoms with Gasteiger partial charge in [-0.05, 0) is 49.8 Å². The summed E-state index contributed by atoms with van der Waals surface area (Å²) >= 11 is 0. The summed E-state index contributed by atoms with van der Waals surface area (Å²) < 4.78 is 15.0. The van der Waals surface area contributed by atoms with Crippen molar-refractivity contribution in [3.63, 3.8) is 0 Å². The second kappa shape index (κ2) is 10.8. The Morgan fingerprint density at radius 2 is 1.59 bits per heavy atom. The minimum absolute atomic E-state index is 0.0309. The molecule has 0 aliphatic carbocycles. The number of aromatic nitrogens is 1. The number of rotatable bonds is 9. The first-order valence-electron chi connectivity index (χ1n) is 9.16. The zero-order valence-electron chi connectivity index (χ0n) is 16.6. The molecule has 0 N–H and O–H groups in total. The van der Waals surface area contributed by atoms with Crippen LogP contribution in [0.4, 0.5) is 0 Å². The molecule has 0 bridgehead atoms. The van der Waals surface area contributed by atoms with Gasteiger partial charge in [0, 0.05) is 11.8 Å². The van der Waals surface area contributed by atoms with Crippen LogP contribution in [0.25, 0.3) is 11.6 Å². The van der Waals surface area contributed by atoms with Crippen molar-refractivity contribution >= 4 is 29.4 Å². The maximum atomic E-state index is 13.3. The highest BCUT2D eigenvalue weighted by Gasteiger charge is 2.39. The third-order valence-electron chi connectivity index (χ3n) is 3.94. The SMILES string of the molecule is CCOC(=O)C(C(=O)OCC)C(=O)/C(=C/c1ccc(OC)cc1)c1ccccn1. The third kappa shape index (κ3) is 5.75. The fraction of sp³-hybridized carbons (Fsp3) is 0.273. The zero-order valence-corrected chi connectivity index (χ0v) is 16.6. The van der Waals surface area contributed by atoms with Crippen LogP contribution in [-0.2, 0) is 23.9 Å². The van der Waals surface area contributed by atoms with E-state index in [1.165, 1.54) is 6.20 Å². The summed E-state index contributed by atoms with van der Waals surface area (Å²) in [6, 6.07) is 12.0. The molecule has 2 rings (SSSR count). The van der Waals surface area contributed by atoms with E-state index >= 15 is 0 Å². The minimum atomic E-state index is -1.72. The molecule has 7 heteroatoms. The first-order valence-corrected chi connectivity index (χ1v) is 9.16. The van der Waals surface area contributed by atoms with Crippen molar-refractivity contribution in [1.29, 1.82) is 0 Å². The molecule has 2 aromatic rings. The third-order valence-corrected chi connectivity index (χ3v) is 3.94. The summed E-state index contributed by atoms with van der Waals surface area (Å²) in [6.07, 6.45) is 3.09. The molecule has 152 valence electrons. The van der Waals surface area contributed by atoms with Crippen LogP contribution in [-0.4, -0.2) is 43.0 Å². The molecule has 1 aromatic carbocycles. The quantitative estimate of drug-likeness (QED) is 0.365. The van der Waals surface area contributed by atoms with Gasteiger partial charge in [0.05, 0.1) is 26.0 Å². The van der Waals surface area contributed by atoms with Crippen LogP contribution in [0, 0.1) is 5.92 Å². The Labute approximate surface area is 169 Å². The maximum Gasteiger partial charge on any atom is 0.328 e. The standard InChI is InChI=1S/C22H23NO6/c1-4-28-21(25)19(22(26)29-5-2)20(24)17(18-8-6-7-13-23-18)14-15-9-11-16(27-3)12-10-15/h6-14,19H,4-5H2,1-3H3/b17-14+. The van der Waals surface area contributed by atoms with Crippen LogP contribution in [0.2, 0.25) is 0 Å². The molecule has 0 amide bonds. The minimum Gasteiger partial charge on any atom is -0.497 e. The molecule has 29 heavy (non-hydrogen) atoms. The first kappa shape index (κ1) is 21.8. The van der Waals surface area contributed by atoms with E-state index in [2.05, 4.69) is 4.98 Å². The van der Waals surface area contributed by atoms with E-state index in [0.717, 1.165) is 0 Å². The number of Topliss-reactive ketones (excluding diaryl/α,β-unsaturated/α-hetero) is 1. The number of ether oxygens (including phenoxy) is 3. The maximum absolute atomic E-state index is 13.3. The molecule has 0 aliphatic rings. The lowest BCUT2D eigenvalue weighted by Gasteiger charge is -2.15. The number of benzene rings is 1. The molecule has 1 aromatic heterocycles. The number of pyridine rings is 1. The summed E-state index contributed by atoms with van der Waals surface area (Å²) in [5.74, 6) is -3.71. The van der Waals surface area contributed by atoms with E-state index in [4.69, 9.17) is 14.2 Å². The van der Waals surface area contributed by atoms with Gasteiger partial charge in [-0.1, -0.05) is 18.2 Å². The number of nitrogens with zero attached hydrogens (tertiary/aromatic N) is 1. The molecule has 0 atom stereocenters. The normalized spacial score (nSPS) is 11.1. The summed E-state index contributed by atoms with van der Waals surface area (Å²) in [7, 11) is 1.55. The smallest absolute Gasteiger partial charge is 0.328 e. The number of carbonyl (C=O) groups is 3. The fourth-order valence-corrected chi connectivity index (χ4v) is 2.58. The monoisotopic (exact) mass is 397 g/mol. The van der Waals surface area contributed by atoms with Crippen molar-refractivity contribution in [3.8, 4) is 5.75 Å². The van der Waals surface area contributed by atoms with E-state index in [1.807, 2.05) is 0 Å². The second-order valence-corrected chi connectivity index (χ2v) is 5.85. The van der Waals surface area contributed by atoms with E-state index in [0.29, 0.717) is 17.0 Å². The zero-order chi connectivity index (χ0) is 21.2. The van der Waals surface area contributed by atoms with Gasteiger partial charge in [0.15, 0.2) is 5.78 Å². The summed E-state index contributed by atoms with van der Waals surface area (Å²) in [5.41, 5.74) is 1.10. The van der Waals surface area contributed by atoms with Crippen molar-refractivity contribution < 1.29 is 28.6 Å². The molecule has 0 saturated carbocycles. The van der Waals surface area contributed by atoms with Crippen LogP contribution in [0.5, 0.6) is 5.75 Å². The van der Waals surface area contributed by atoms with Gasteiger partial charge >= 0.3 is 11.9 Å². The second-order valence-electron chi connectivity index (χ2n) is 5.85. The Kier molecular flexibility index (Phi) is 8.09. The van der Waals surface area contributed by atoms with Crippen LogP contribution < -0.4 is 4.74 Å². The molecule has 0 radical (unpaired) electrons. The topological polar surface area (TPSA) is 91.8 Å². The fourth-order valence-electron chi connectivity index (χ4n) is 2.58. The van der Waals surface area contributed by atoms with E-state index in [1.54, 1.807) is 69.5 Å². The Bertz CT molecular complexity index is 856. The molecule has 0 aliphatic heterocycles. The van der Waals surface area contributed by atoms with Crippen molar-refractivity contribution in [2.75, 3.05) is 20.3 Å². The number of carbonyl (C=O) groups excluding carboxylic acids is 3. The molecule has 0 spiro atoms. The predicted molar refractivity (Wildman–Crippen MR) is 107 cm³/mol. The lowest BCUT2D eigenvalue weighted by molar-refractivity contribution is -0.162. The van der Waals surface area contributed by atoms with E-state index in [9.17, 15) is 14.4 Å². The van der Waals surface area contributed by atoms with Crippen LogP contribution >= 0.6 is 0 Å². The largest absolute Gasteiger partial charge is 0.497 e. The number of hydrogen-bond acceptors (Lipinski definition) is 7. The van der Waals surface area contributed by atoms with Crippen LogP contribution in [0.15, 0.2) is 48.7 Å². The summed E-state index contributed by atoms with van der Waals surface area (Å²) in [5, 5.41) is 0. The van der Waals surface area contributed by atoms with Gasteiger partial charge in [0.25, 0.3) is 0 Å². The average Bonchev–Trinajstić information content (AvgIpc) is 2.73. The van der Waals surface area contributed by atoms with Crippen molar-refractivity contribution in [3.05, 3.63) is 59.9 Å².